The minimum absolute atomic E-state index is 0.0300. The molecule has 3 aliphatic heterocycles. The zero-order valence-electron chi connectivity index (χ0n) is 19.7. The van der Waals surface area contributed by atoms with Crippen LogP contribution in [-0.4, -0.2) is 67.5 Å². The van der Waals surface area contributed by atoms with Gasteiger partial charge in [-0.3, -0.25) is 9.36 Å². The maximum atomic E-state index is 12.8. The van der Waals surface area contributed by atoms with E-state index in [9.17, 15) is 4.79 Å². The lowest BCUT2D eigenvalue weighted by Gasteiger charge is -2.25. The summed E-state index contributed by atoms with van der Waals surface area (Å²) < 4.78 is 25.0. The molecule has 9 nitrogen and oxygen atoms in total. The molecule has 3 aliphatic rings. The number of ether oxygens (including phenoxy) is 3. The molecule has 3 aromatic rings. The van der Waals surface area contributed by atoms with Crippen LogP contribution in [0.3, 0.4) is 0 Å². The Morgan fingerprint density at radius 3 is 2.69 bits per heavy atom. The minimum atomic E-state index is -1.94. The van der Waals surface area contributed by atoms with Crippen molar-refractivity contribution >= 4 is 56.2 Å². The maximum absolute atomic E-state index is 12.8. The molecule has 0 spiro atoms. The lowest BCUT2D eigenvalue weighted by Crippen LogP contribution is -2.32. The van der Waals surface area contributed by atoms with Crippen molar-refractivity contribution in [1.82, 2.24) is 19.5 Å². The minimum Gasteiger partial charge on any atom is -0.347 e. The van der Waals surface area contributed by atoms with Gasteiger partial charge in [0.1, 0.15) is 30.2 Å². The number of Topliss-reactive ketones (excluding diaryl/α,β-unsaturated/α-hetero) is 1. The molecule has 190 valence electrons. The summed E-state index contributed by atoms with van der Waals surface area (Å²) in [4.78, 5) is 26.2. The van der Waals surface area contributed by atoms with E-state index in [1.54, 1.807) is 41.2 Å². The zero-order valence-corrected chi connectivity index (χ0v) is 23.0. The van der Waals surface area contributed by atoms with Crippen molar-refractivity contribution in [2.75, 3.05) is 18.1 Å². The molecule has 0 unspecified atom stereocenters. The van der Waals surface area contributed by atoms with E-state index < -0.39 is 16.7 Å². The summed E-state index contributed by atoms with van der Waals surface area (Å²) in [7, 11) is 0. The van der Waals surface area contributed by atoms with Crippen LogP contribution in [0.2, 0.25) is 0 Å². The molecule has 13 heteroatoms. The smallest absolute Gasteiger partial charge is 0.174 e. The Balaban J connectivity index is 1.27. The quantitative estimate of drug-likeness (QED) is 0.302. The van der Waals surface area contributed by atoms with Crippen LogP contribution in [0.1, 0.15) is 36.1 Å². The van der Waals surface area contributed by atoms with Gasteiger partial charge in [0.25, 0.3) is 0 Å². The van der Waals surface area contributed by atoms with Crippen LogP contribution in [0, 0.1) is 0 Å². The SMILES string of the molecule is CC1(C)O[C@@H]2[C@H](O1)[C@@H](COP1(=S)SCCS1)O[C@H]2n1cnc2c(CC(=O)c3ccccc3)ncnc21. The normalized spacial score (nSPS) is 28.5. The third-order valence-corrected chi connectivity index (χ3v) is 16.1. The highest BCUT2D eigenvalue weighted by Gasteiger charge is 2.56. The van der Waals surface area contributed by atoms with Gasteiger partial charge in [-0.2, -0.15) is 0 Å². The van der Waals surface area contributed by atoms with E-state index in [1.807, 2.05) is 36.6 Å². The molecule has 5 heterocycles. The Kier molecular flexibility index (Phi) is 6.75. The molecular weight excluding hydrogens is 539 g/mol. The zero-order chi connectivity index (χ0) is 24.9. The summed E-state index contributed by atoms with van der Waals surface area (Å²) in [5.41, 5.74) is 2.34. The van der Waals surface area contributed by atoms with Gasteiger partial charge in [0.15, 0.2) is 28.1 Å². The number of nitrogens with zero attached hydrogens (tertiary/aromatic N) is 4. The first-order chi connectivity index (χ1) is 17.3. The number of carbonyl (C=O) groups excluding carboxylic acids is 1. The summed E-state index contributed by atoms with van der Waals surface area (Å²) in [6, 6.07) is 9.16. The molecule has 36 heavy (non-hydrogen) atoms. The van der Waals surface area contributed by atoms with Crippen LogP contribution in [0.4, 0.5) is 0 Å². The van der Waals surface area contributed by atoms with E-state index in [0.717, 1.165) is 11.5 Å². The molecule has 1 aromatic carbocycles. The topological polar surface area (TPSA) is 97.6 Å². The molecule has 3 saturated heterocycles. The number of benzene rings is 1. The second-order valence-corrected chi connectivity index (χ2v) is 19.9. The lowest BCUT2D eigenvalue weighted by molar-refractivity contribution is -0.198. The average Bonchev–Trinajstić information content (AvgIpc) is 3.62. The van der Waals surface area contributed by atoms with Crippen molar-refractivity contribution < 1.29 is 23.5 Å². The highest BCUT2D eigenvalue weighted by molar-refractivity contribution is 9.00. The second kappa shape index (κ2) is 9.74. The van der Waals surface area contributed by atoms with Crippen LogP contribution in [-0.2, 0) is 37.0 Å². The Labute approximate surface area is 221 Å². The molecule has 6 rings (SSSR count). The fraction of sp³-hybridized carbons (Fsp3) is 0.478. The highest BCUT2D eigenvalue weighted by Crippen LogP contribution is 2.74. The Morgan fingerprint density at radius 2 is 1.92 bits per heavy atom. The molecule has 0 N–H and O–H groups in total. The third-order valence-electron chi connectivity index (χ3n) is 6.24. The number of carbonyl (C=O) groups is 1. The number of rotatable bonds is 7. The largest absolute Gasteiger partial charge is 0.347 e. The summed E-state index contributed by atoms with van der Waals surface area (Å²) in [5, 5.41) is 0. The van der Waals surface area contributed by atoms with Crippen molar-refractivity contribution in [3.05, 3.63) is 54.2 Å². The second-order valence-electron chi connectivity index (χ2n) is 9.15. The van der Waals surface area contributed by atoms with E-state index in [-0.39, 0.29) is 30.5 Å². The van der Waals surface area contributed by atoms with E-state index in [4.69, 9.17) is 30.5 Å². The van der Waals surface area contributed by atoms with Gasteiger partial charge >= 0.3 is 0 Å². The van der Waals surface area contributed by atoms with E-state index in [2.05, 4.69) is 15.0 Å². The van der Waals surface area contributed by atoms with E-state index in [1.165, 1.54) is 6.33 Å². The molecule has 2 aromatic heterocycles. The molecular formula is C23H25N4O5PS3. The molecule has 4 atom stereocenters. The molecule has 0 saturated carbocycles. The lowest BCUT2D eigenvalue weighted by atomic mass is 10.1. The van der Waals surface area contributed by atoms with Gasteiger partial charge < -0.3 is 18.7 Å². The molecule has 0 radical (unpaired) electrons. The number of hydrogen-bond acceptors (Lipinski definition) is 11. The van der Waals surface area contributed by atoms with Crippen LogP contribution < -0.4 is 0 Å². The summed E-state index contributed by atoms with van der Waals surface area (Å²) in [5.74, 6) is 1.25. The van der Waals surface area contributed by atoms with Crippen LogP contribution >= 0.6 is 27.4 Å². The molecule has 3 fully saturated rings. The number of fused-ring (bicyclic) bond motifs is 2. The van der Waals surface area contributed by atoms with Crippen LogP contribution in [0.25, 0.3) is 11.2 Å². The van der Waals surface area contributed by atoms with Gasteiger partial charge in [0.05, 0.1) is 25.0 Å². The van der Waals surface area contributed by atoms with Gasteiger partial charge in [-0.05, 0) is 25.7 Å². The number of hydrogen-bond donors (Lipinski definition) is 0. The standard InChI is InChI=1S/C23H25N4O5PS3/c1-23(2)31-19-17(11-29-33(34)35-8-9-36-33)30-22(20(19)32-23)27-13-26-18-15(24-12-25-21(18)27)10-16(28)14-6-4-3-5-7-14/h3-7,12-13,17,19-20,22H,8-11H2,1-2H3/t17-,19-,20-,22-/m1/s1. The average molecular weight is 565 g/mol. The van der Waals surface area contributed by atoms with Gasteiger partial charge in [0.2, 0.25) is 0 Å². The van der Waals surface area contributed by atoms with Crippen LogP contribution in [0.15, 0.2) is 43.0 Å². The maximum Gasteiger partial charge on any atom is 0.174 e. The summed E-state index contributed by atoms with van der Waals surface area (Å²) in [6.45, 7) is 4.13. The first-order valence-electron chi connectivity index (χ1n) is 11.6. The molecule has 0 amide bonds. The van der Waals surface area contributed by atoms with E-state index in [0.29, 0.717) is 29.0 Å². The fourth-order valence-electron chi connectivity index (χ4n) is 4.69. The number of ketones is 1. The van der Waals surface area contributed by atoms with Gasteiger partial charge in [-0.25, -0.2) is 15.0 Å². The van der Waals surface area contributed by atoms with Crippen molar-refractivity contribution in [2.24, 2.45) is 0 Å². The fourth-order valence-corrected chi connectivity index (χ4v) is 13.5. The van der Waals surface area contributed by atoms with Crippen molar-refractivity contribution in [3.8, 4) is 0 Å². The van der Waals surface area contributed by atoms with Crippen molar-refractivity contribution in [1.29, 1.82) is 0 Å². The summed E-state index contributed by atoms with van der Waals surface area (Å²) in [6.07, 6.45) is 1.69. The first-order valence-corrected chi connectivity index (χ1v) is 17.5. The Hall–Kier alpha value is -1.37. The van der Waals surface area contributed by atoms with E-state index >= 15 is 0 Å². The number of aromatic nitrogens is 4. The predicted molar refractivity (Wildman–Crippen MR) is 143 cm³/mol. The molecule has 0 bridgehead atoms. The van der Waals surface area contributed by atoms with Gasteiger partial charge in [-0.15, -0.1) is 0 Å². The Morgan fingerprint density at radius 1 is 1.17 bits per heavy atom. The summed E-state index contributed by atoms with van der Waals surface area (Å²) >= 11 is 9.23. The Bertz CT molecular complexity index is 1330. The predicted octanol–water partition coefficient (Wildman–Crippen LogP) is 4.39. The third kappa shape index (κ3) is 4.78. The van der Waals surface area contributed by atoms with Crippen LogP contribution in [0.5, 0.6) is 0 Å². The molecule has 0 aliphatic carbocycles. The van der Waals surface area contributed by atoms with Gasteiger partial charge in [-0.1, -0.05) is 53.1 Å². The highest BCUT2D eigenvalue weighted by atomic mass is 33.2. The van der Waals surface area contributed by atoms with Crippen molar-refractivity contribution in [2.45, 2.75) is 50.6 Å². The monoisotopic (exact) mass is 564 g/mol. The van der Waals surface area contributed by atoms with Crippen molar-refractivity contribution in [3.63, 3.8) is 0 Å². The van der Waals surface area contributed by atoms with Gasteiger partial charge in [0, 0.05) is 17.1 Å². The first kappa shape index (κ1) is 24.9. The number of imidazole rings is 1.